The van der Waals surface area contributed by atoms with Crippen molar-refractivity contribution in [3.8, 4) is 0 Å². The van der Waals surface area contributed by atoms with E-state index in [0.717, 1.165) is 10.6 Å². The molecule has 2 aromatic carbocycles. The molecule has 4 N–H and O–H groups in total. The van der Waals surface area contributed by atoms with Crippen LogP contribution in [0.25, 0.3) is 0 Å². The highest BCUT2D eigenvalue weighted by molar-refractivity contribution is 7.98. The lowest BCUT2D eigenvalue weighted by molar-refractivity contribution is 0.102. The van der Waals surface area contributed by atoms with E-state index in [2.05, 4.69) is 10.7 Å². The number of hydrazine groups is 1. The van der Waals surface area contributed by atoms with Gasteiger partial charge in [-0.2, -0.15) is 0 Å². The zero-order chi connectivity index (χ0) is 14.5. The van der Waals surface area contributed by atoms with Gasteiger partial charge in [0.1, 0.15) is 0 Å². The second-order valence-corrected chi connectivity index (χ2v) is 5.34. The summed E-state index contributed by atoms with van der Waals surface area (Å²) in [5.41, 5.74) is 4.13. The van der Waals surface area contributed by atoms with Crippen molar-refractivity contribution in [3.63, 3.8) is 0 Å². The average molecular weight is 308 g/mol. The minimum atomic E-state index is -0.265. The SMILES string of the molecule is CSc1cccc(NC(=O)c2cc(Cl)ccc2NN)c1. The fraction of sp³-hybridized carbons (Fsp3) is 0.0714. The van der Waals surface area contributed by atoms with Gasteiger partial charge in [0, 0.05) is 15.6 Å². The van der Waals surface area contributed by atoms with Crippen LogP contribution in [0.4, 0.5) is 11.4 Å². The van der Waals surface area contributed by atoms with Gasteiger partial charge in [0.25, 0.3) is 5.91 Å². The number of nitrogen functional groups attached to an aromatic ring is 1. The number of halogens is 1. The molecule has 0 aromatic heterocycles. The lowest BCUT2D eigenvalue weighted by Gasteiger charge is -2.10. The Labute approximate surface area is 126 Å². The van der Waals surface area contributed by atoms with Gasteiger partial charge in [-0.05, 0) is 42.7 Å². The Bertz CT molecular complexity index is 634. The first-order chi connectivity index (χ1) is 9.63. The van der Waals surface area contributed by atoms with Crippen LogP contribution in [0.2, 0.25) is 5.02 Å². The second kappa shape index (κ2) is 6.65. The van der Waals surface area contributed by atoms with Crippen molar-refractivity contribution in [2.45, 2.75) is 4.90 Å². The third-order valence-electron chi connectivity index (χ3n) is 2.71. The molecule has 0 aliphatic carbocycles. The third kappa shape index (κ3) is 3.45. The van der Waals surface area contributed by atoms with Gasteiger partial charge in [0.05, 0.1) is 11.3 Å². The van der Waals surface area contributed by atoms with Crippen molar-refractivity contribution in [1.82, 2.24) is 0 Å². The average Bonchev–Trinajstić information content (AvgIpc) is 2.47. The smallest absolute Gasteiger partial charge is 0.257 e. The summed E-state index contributed by atoms with van der Waals surface area (Å²) < 4.78 is 0. The summed E-state index contributed by atoms with van der Waals surface area (Å²) in [6.07, 6.45) is 1.98. The molecule has 1 amide bonds. The number of rotatable bonds is 4. The lowest BCUT2D eigenvalue weighted by Crippen LogP contribution is -2.17. The topological polar surface area (TPSA) is 67.2 Å². The van der Waals surface area contributed by atoms with E-state index in [1.54, 1.807) is 30.0 Å². The normalized spacial score (nSPS) is 10.2. The van der Waals surface area contributed by atoms with E-state index in [1.807, 2.05) is 30.5 Å². The molecule has 0 spiro atoms. The van der Waals surface area contributed by atoms with Crippen LogP contribution in [0.15, 0.2) is 47.4 Å². The highest BCUT2D eigenvalue weighted by Gasteiger charge is 2.12. The Hall–Kier alpha value is -1.69. The molecule has 0 atom stereocenters. The molecule has 20 heavy (non-hydrogen) atoms. The summed E-state index contributed by atoms with van der Waals surface area (Å²) in [4.78, 5) is 13.3. The molecule has 104 valence electrons. The third-order valence-corrected chi connectivity index (χ3v) is 3.67. The molecule has 2 aromatic rings. The summed E-state index contributed by atoms with van der Waals surface area (Å²) >= 11 is 7.53. The van der Waals surface area contributed by atoms with Crippen LogP contribution in [0.5, 0.6) is 0 Å². The maximum Gasteiger partial charge on any atom is 0.257 e. The molecule has 0 heterocycles. The molecule has 0 unspecified atom stereocenters. The number of thioether (sulfide) groups is 1. The van der Waals surface area contributed by atoms with Crippen molar-refractivity contribution >= 4 is 40.6 Å². The Morgan fingerprint density at radius 1 is 1.25 bits per heavy atom. The molecular formula is C14H14ClN3OS. The molecule has 0 aliphatic heterocycles. The van der Waals surface area contributed by atoms with Crippen LogP contribution in [0.1, 0.15) is 10.4 Å². The molecule has 2 rings (SSSR count). The molecule has 0 saturated heterocycles. The maximum absolute atomic E-state index is 12.3. The van der Waals surface area contributed by atoms with Crippen LogP contribution >= 0.6 is 23.4 Å². The first-order valence-corrected chi connectivity index (χ1v) is 7.46. The summed E-state index contributed by atoms with van der Waals surface area (Å²) in [5, 5.41) is 3.31. The first kappa shape index (κ1) is 14.7. The highest BCUT2D eigenvalue weighted by atomic mass is 35.5. The molecule has 0 radical (unpaired) electrons. The van der Waals surface area contributed by atoms with Gasteiger partial charge in [0.2, 0.25) is 0 Å². The number of anilines is 2. The lowest BCUT2D eigenvalue weighted by atomic mass is 10.1. The minimum absolute atomic E-state index is 0.265. The van der Waals surface area contributed by atoms with Crippen LogP contribution < -0.4 is 16.6 Å². The summed E-state index contributed by atoms with van der Waals surface area (Å²) in [5.74, 6) is 5.14. The molecule has 0 saturated carbocycles. The summed E-state index contributed by atoms with van der Waals surface area (Å²) in [7, 11) is 0. The van der Waals surface area contributed by atoms with Gasteiger partial charge >= 0.3 is 0 Å². The molecular weight excluding hydrogens is 294 g/mol. The van der Waals surface area contributed by atoms with Gasteiger partial charge < -0.3 is 10.7 Å². The van der Waals surface area contributed by atoms with Gasteiger partial charge in [-0.25, -0.2) is 0 Å². The predicted molar refractivity (Wildman–Crippen MR) is 85.4 cm³/mol. The number of nitrogens with one attached hydrogen (secondary N) is 2. The van der Waals surface area contributed by atoms with Crippen molar-refractivity contribution < 1.29 is 4.79 Å². The van der Waals surface area contributed by atoms with Crippen molar-refractivity contribution in [2.75, 3.05) is 17.0 Å². The first-order valence-electron chi connectivity index (χ1n) is 5.85. The van der Waals surface area contributed by atoms with Gasteiger partial charge in [-0.15, -0.1) is 11.8 Å². The number of amides is 1. The zero-order valence-corrected chi connectivity index (χ0v) is 12.4. The van der Waals surface area contributed by atoms with E-state index in [1.165, 1.54) is 0 Å². The number of carbonyl (C=O) groups excluding carboxylic acids is 1. The van der Waals surface area contributed by atoms with Crippen molar-refractivity contribution in [2.24, 2.45) is 5.84 Å². The summed E-state index contributed by atoms with van der Waals surface area (Å²) in [6.45, 7) is 0. The van der Waals surface area contributed by atoms with E-state index in [9.17, 15) is 4.79 Å². The second-order valence-electron chi connectivity index (χ2n) is 4.02. The molecule has 0 fully saturated rings. The quantitative estimate of drug-likeness (QED) is 0.459. The van der Waals surface area contributed by atoms with Gasteiger partial charge in [-0.1, -0.05) is 17.7 Å². The van der Waals surface area contributed by atoms with Gasteiger partial charge in [-0.3, -0.25) is 10.6 Å². The van der Waals surface area contributed by atoms with Crippen LogP contribution in [-0.4, -0.2) is 12.2 Å². The minimum Gasteiger partial charge on any atom is -0.323 e. The van der Waals surface area contributed by atoms with Crippen LogP contribution in [-0.2, 0) is 0 Å². The number of nitrogens with two attached hydrogens (primary N) is 1. The molecule has 4 nitrogen and oxygen atoms in total. The summed E-state index contributed by atoms with van der Waals surface area (Å²) in [6, 6.07) is 12.5. The Kier molecular flexibility index (Phi) is 4.89. The van der Waals surface area contributed by atoms with Crippen molar-refractivity contribution in [1.29, 1.82) is 0 Å². The van der Waals surface area contributed by atoms with E-state index in [4.69, 9.17) is 17.4 Å². The van der Waals surface area contributed by atoms with Crippen LogP contribution in [0.3, 0.4) is 0 Å². The molecule has 6 heteroatoms. The van der Waals surface area contributed by atoms with E-state index in [0.29, 0.717) is 16.3 Å². The van der Waals surface area contributed by atoms with E-state index in [-0.39, 0.29) is 5.91 Å². The standard InChI is InChI=1S/C14H14ClN3OS/c1-20-11-4-2-3-10(8-11)17-14(19)12-7-9(15)5-6-13(12)18-16/h2-8,18H,16H2,1H3,(H,17,19). The Morgan fingerprint density at radius 3 is 2.75 bits per heavy atom. The predicted octanol–water partition coefficient (Wildman–Crippen LogP) is 3.60. The molecule has 0 bridgehead atoms. The Balaban J connectivity index is 2.25. The highest BCUT2D eigenvalue weighted by Crippen LogP contribution is 2.23. The van der Waals surface area contributed by atoms with Gasteiger partial charge in [0.15, 0.2) is 0 Å². The van der Waals surface area contributed by atoms with Crippen LogP contribution in [0, 0.1) is 0 Å². The number of carbonyl (C=O) groups is 1. The van der Waals surface area contributed by atoms with Crippen molar-refractivity contribution in [3.05, 3.63) is 53.1 Å². The number of hydrogen-bond acceptors (Lipinski definition) is 4. The Morgan fingerprint density at radius 2 is 2.05 bits per heavy atom. The maximum atomic E-state index is 12.3. The number of benzene rings is 2. The largest absolute Gasteiger partial charge is 0.323 e. The monoisotopic (exact) mass is 307 g/mol. The fourth-order valence-electron chi connectivity index (χ4n) is 1.73. The van der Waals surface area contributed by atoms with E-state index < -0.39 is 0 Å². The number of hydrogen-bond donors (Lipinski definition) is 3. The zero-order valence-electron chi connectivity index (χ0n) is 10.8. The van der Waals surface area contributed by atoms with E-state index >= 15 is 0 Å². The fourth-order valence-corrected chi connectivity index (χ4v) is 2.36. The molecule has 0 aliphatic rings.